The van der Waals surface area contributed by atoms with Crippen LogP contribution in [0.1, 0.15) is 44.1 Å². The maximum Gasteiger partial charge on any atom is 0.227 e. The van der Waals surface area contributed by atoms with Gasteiger partial charge in [0.15, 0.2) is 0 Å². The molecule has 2 fully saturated rings. The van der Waals surface area contributed by atoms with Crippen LogP contribution in [0, 0.1) is 5.92 Å². The first-order chi connectivity index (χ1) is 12.1. The van der Waals surface area contributed by atoms with Crippen molar-refractivity contribution in [1.82, 2.24) is 10.2 Å². The Morgan fingerprint density at radius 3 is 2.56 bits per heavy atom. The molecule has 0 spiro atoms. The van der Waals surface area contributed by atoms with Gasteiger partial charge in [0.2, 0.25) is 11.8 Å². The fourth-order valence-electron chi connectivity index (χ4n) is 4.04. The van der Waals surface area contributed by atoms with Gasteiger partial charge in [-0.1, -0.05) is 43.2 Å². The van der Waals surface area contributed by atoms with Crippen LogP contribution in [0.3, 0.4) is 0 Å². The molecule has 1 aliphatic heterocycles. The van der Waals surface area contributed by atoms with Crippen molar-refractivity contribution in [2.24, 2.45) is 5.92 Å². The molecule has 0 aromatic heterocycles. The zero-order valence-electron chi connectivity index (χ0n) is 14.7. The molecule has 1 atom stereocenters. The number of amides is 2. The number of aliphatic hydroxyl groups is 1. The van der Waals surface area contributed by atoms with Gasteiger partial charge in [-0.05, 0) is 31.2 Å². The smallest absolute Gasteiger partial charge is 0.227 e. The van der Waals surface area contributed by atoms with Gasteiger partial charge in [-0.25, -0.2) is 0 Å². The maximum atomic E-state index is 12.7. The highest BCUT2D eigenvalue weighted by Gasteiger charge is 2.37. The molecular weight excluding hydrogens is 316 g/mol. The predicted octanol–water partition coefficient (Wildman–Crippen LogP) is 1.89. The number of hydrogen-bond donors (Lipinski definition) is 2. The molecule has 2 amide bonds. The van der Waals surface area contributed by atoms with Crippen molar-refractivity contribution in [3.05, 3.63) is 35.9 Å². The Labute approximate surface area is 149 Å². The lowest BCUT2D eigenvalue weighted by molar-refractivity contribution is -0.136. The van der Waals surface area contributed by atoms with Crippen LogP contribution in [0.5, 0.6) is 0 Å². The van der Waals surface area contributed by atoms with E-state index < -0.39 is 5.54 Å². The van der Waals surface area contributed by atoms with Crippen LogP contribution in [0.2, 0.25) is 0 Å². The summed E-state index contributed by atoms with van der Waals surface area (Å²) in [6.45, 7) is 1.21. The average Bonchev–Trinajstić information content (AvgIpc) is 3.11. The molecular formula is C20H28N2O3. The molecule has 5 nitrogen and oxygen atoms in total. The van der Waals surface area contributed by atoms with Crippen molar-refractivity contribution in [3.63, 3.8) is 0 Å². The summed E-state index contributed by atoms with van der Waals surface area (Å²) in [5, 5.41) is 12.8. The summed E-state index contributed by atoms with van der Waals surface area (Å²) in [7, 11) is 0. The lowest BCUT2D eigenvalue weighted by Crippen LogP contribution is -2.54. The molecule has 1 aliphatic carbocycles. The first kappa shape index (κ1) is 17.9. The molecule has 0 radical (unpaired) electrons. The van der Waals surface area contributed by atoms with E-state index in [0.717, 1.165) is 50.6 Å². The number of carbonyl (C=O) groups is 2. The van der Waals surface area contributed by atoms with Crippen LogP contribution in [-0.4, -0.2) is 47.1 Å². The van der Waals surface area contributed by atoms with Gasteiger partial charge in [0, 0.05) is 13.1 Å². The normalized spacial score (nSPS) is 22.6. The molecule has 1 saturated carbocycles. The molecule has 3 rings (SSSR count). The minimum atomic E-state index is -0.437. The number of rotatable bonds is 5. The molecule has 25 heavy (non-hydrogen) atoms. The van der Waals surface area contributed by atoms with Crippen molar-refractivity contribution >= 4 is 11.8 Å². The number of piperidine rings is 1. The minimum Gasteiger partial charge on any atom is -0.394 e. The number of nitrogens with zero attached hydrogens (tertiary/aromatic N) is 1. The van der Waals surface area contributed by atoms with Crippen LogP contribution in [0.25, 0.3) is 0 Å². The molecule has 2 aliphatic rings. The van der Waals surface area contributed by atoms with Gasteiger partial charge in [-0.15, -0.1) is 0 Å². The maximum absolute atomic E-state index is 12.7. The van der Waals surface area contributed by atoms with E-state index in [0.29, 0.717) is 13.0 Å². The lowest BCUT2D eigenvalue weighted by Gasteiger charge is -2.35. The van der Waals surface area contributed by atoms with Crippen LogP contribution < -0.4 is 5.32 Å². The number of carbonyl (C=O) groups excluding carboxylic acids is 2. The molecule has 1 aromatic carbocycles. The topological polar surface area (TPSA) is 69.6 Å². The summed E-state index contributed by atoms with van der Waals surface area (Å²) >= 11 is 0. The van der Waals surface area contributed by atoms with Crippen molar-refractivity contribution in [2.75, 3.05) is 19.7 Å². The zero-order chi connectivity index (χ0) is 17.7. The SMILES string of the molecule is O=C(NC1(CO)CCCC1)C1CCCN(C(=O)Cc2ccccc2)C1. The van der Waals surface area contributed by atoms with Gasteiger partial charge in [0.25, 0.3) is 0 Å². The Morgan fingerprint density at radius 2 is 1.88 bits per heavy atom. The van der Waals surface area contributed by atoms with E-state index in [1.165, 1.54) is 0 Å². The van der Waals surface area contributed by atoms with Crippen molar-refractivity contribution in [2.45, 2.75) is 50.5 Å². The van der Waals surface area contributed by atoms with Gasteiger partial charge in [0.05, 0.1) is 24.5 Å². The van der Waals surface area contributed by atoms with Gasteiger partial charge < -0.3 is 15.3 Å². The molecule has 5 heteroatoms. The minimum absolute atomic E-state index is 0.00210. The number of nitrogens with one attached hydrogen (secondary N) is 1. The second kappa shape index (κ2) is 8.00. The quantitative estimate of drug-likeness (QED) is 0.857. The summed E-state index contributed by atoms with van der Waals surface area (Å²) < 4.78 is 0. The number of benzene rings is 1. The highest BCUT2D eigenvalue weighted by atomic mass is 16.3. The second-order valence-electron chi connectivity index (χ2n) is 7.48. The fraction of sp³-hybridized carbons (Fsp3) is 0.600. The summed E-state index contributed by atoms with van der Waals surface area (Å²) in [4.78, 5) is 27.1. The Balaban J connectivity index is 1.57. The fourth-order valence-corrected chi connectivity index (χ4v) is 4.04. The number of aliphatic hydroxyl groups excluding tert-OH is 1. The van der Waals surface area contributed by atoms with E-state index in [-0.39, 0.29) is 24.3 Å². The Hall–Kier alpha value is -1.88. The summed E-state index contributed by atoms with van der Waals surface area (Å²) in [6.07, 6.45) is 5.83. The monoisotopic (exact) mass is 344 g/mol. The molecule has 1 heterocycles. The summed E-state index contributed by atoms with van der Waals surface area (Å²) in [5.74, 6) is -0.0907. The first-order valence-corrected chi connectivity index (χ1v) is 9.36. The number of hydrogen-bond acceptors (Lipinski definition) is 3. The van der Waals surface area contributed by atoms with Crippen LogP contribution in [0.4, 0.5) is 0 Å². The van der Waals surface area contributed by atoms with Crippen molar-refractivity contribution < 1.29 is 14.7 Å². The van der Waals surface area contributed by atoms with Crippen molar-refractivity contribution in [1.29, 1.82) is 0 Å². The second-order valence-corrected chi connectivity index (χ2v) is 7.48. The molecule has 1 unspecified atom stereocenters. The average molecular weight is 344 g/mol. The Bertz CT molecular complexity index is 596. The first-order valence-electron chi connectivity index (χ1n) is 9.36. The largest absolute Gasteiger partial charge is 0.394 e. The highest BCUT2D eigenvalue weighted by Crippen LogP contribution is 2.30. The number of likely N-dealkylation sites (tertiary alicyclic amines) is 1. The predicted molar refractivity (Wildman–Crippen MR) is 95.9 cm³/mol. The van der Waals surface area contributed by atoms with E-state index in [1.54, 1.807) is 0 Å². The summed E-state index contributed by atoms with van der Waals surface area (Å²) in [6, 6.07) is 9.72. The molecule has 1 saturated heterocycles. The highest BCUT2D eigenvalue weighted by molar-refractivity contribution is 5.82. The third-order valence-electron chi connectivity index (χ3n) is 5.59. The van der Waals surface area contributed by atoms with Gasteiger partial charge >= 0.3 is 0 Å². The van der Waals surface area contributed by atoms with E-state index in [2.05, 4.69) is 5.32 Å². The molecule has 2 N–H and O–H groups in total. The van der Waals surface area contributed by atoms with Crippen LogP contribution >= 0.6 is 0 Å². The van der Waals surface area contributed by atoms with E-state index in [4.69, 9.17) is 0 Å². The van der Waals surface area contributed by atoms with Gasteiger partial charge in [-0.2, -0.15) is 0 Å². The molecule has 0 bridgehead atoms. The standard InChI is InChI=1S/C20H28N2O3/c23-15-20(10-4-5-11-20)21-19(25)17-9-6-12-22(14-17)18(24)13-16-7-2-1-3-8-16/h1-3,7-8,17,23H,4-6,9-15H2,(H,21,25). The Morgan fingerprint density at radius 1 is 1.16 bits per heavy atom. The summed E-state index contributed by atoms with van der Waals surface area (Å²) in [5.41, 5.74) is 0.567. The zero-order valence-corrected chi connectivity index (χ0v) is 14.7. The third kappa shape index (κ3) is 4.40. The van der Waals surface area contributed by atoms with Gasteiger partial charge in [-0.3, -0.25) is 9.59 Å². The lowest BCUT2D eigenvalue weighted by atomic mass is 9.93. The molecule has 136 valence electrons. The van der Waals surface area contributed by atoms with E-state index in [9.17, 15) is 14.7 Å². The Kier molecular flexibility index (Phi) is 5.74. The van der Waals surface area contributed by atoms with Gasteiger partial charge in [0.1, 0.15) is 0 Å². The third-order valence-corrected chi connectivity index (χ3v) is 5.59. The van der Waals surface area contributed by atoms with Crippen LogP contribution in [-0.2, 0) is 16.0 Å². The van der Waals surface area contributed by atoms with E-state index >= 15 is 0 Å². The van der Waals surface area contributed by atoms with Crippen LogP contribution in [0.15, 0.2) is 30.3 Å². The molecule has 1 aromatic rings. The van der Waals surface area contributed by atoms with E-state index in [1.807, 2.05) is 35.2 Å². The van der Waals surface area contributed by atoms with Crippen molar-refractivity contribution in [3.8, 4) is 0 Å².